The van der Waals surface area contributed by atoms with E-state index in [0.29, 0.717) is 18.5 Å². The summed E-state index contributed by atoms with van der Waals surface area (Å²) in [4.78, 5) is 19.4. The molecule has 4 atom stereocenters. The average molecular weight is 1630 g/mol. The first-order valence-electron chi connectivity index (χ1n) is 33.6. The zero-order valence-electron chi connectivity index (χ0n) is 57.9. The summed E-state index contributed by atoms with van der Waals surface area (Å²) < 4.78 is 0. The summed E-state index contributed by atoms with van der Waals surface area (Å²) >= 11 is 0. The van der Waals surface area contributed by atoms with Crippen molar-refractivity contribution in [3.05, 3.63) is 343 Å². The zero-order valence-corrected chi connectivity index (χ0v) is 69.3. The van der Waals surface area contributed by atoms with Gasteiger partial charge in [0.1, 0.15) is 0 Å². The molecule has 8 heterocycles. The van der Waals surface area contributed by atoms with E-state index in [-0.39, 0.29) is 152 Å². The molecule has 8 aliphatic rings. The second-order valence-corrected chi connectivity index (χ2v) is 26.5. The molecule has 8 nitrogen and oxygen atoms in total. The Morgan fingerprint density at radius 2 is 0.608 bits per heavy atom. The van der Waals surface area contributed by atoms with Crippen LogP contribution >= 0.6 is 0 Å². The van der Waals surface area contributed by atoms with Crippen LogP contribution in [-0.2, 0) is 131 Å². The largest absolute Gasteiger partial charge is 0.386 e. The van der Waals surface area contributed by atoms with Gasteiger partial charge in [-0.2, -0.15) is 46.5 Å². The third-order valence-electron chi connectivity index (χ3n) is 21.2. The zero-order chi connectivity index (χ0) is 65.0. The molecule has 0 saturated carbocycles. The first kappa shape index (κ1) is 76.1. The Morgan fingerprint density at radius 1 is 0.255 bits per heavy atom. The van der Waals surface area contributed by atoms with E-state index in [1.807, 2.05) is 0 Å². The predicted octanol–water partition coefficient (Wildman–Crippen LogP) is 21.8. The SMILES string of the molecule is C.C.C[C-]1c2cc(-c3ccccc3)ccc2N2c3ccccc3N(C)C12.C[C-]1c2ccc(-c3ccccc3)cc2N2C=C(c3ccccc3)N(C)C12.C[C-]1c2ccc(-c3ccccc3)cc2N2c3ccccc3N(C)C12.C[C-]1c2ccc3ccccc3c2N2c3ccccc3N(C)C12.[Y].[Y].[Y].[Y]. The summed E-state index contributed by atoms with van der Waals surface area (Å²) in [6, 6.07) is 102. The minimum atomic E-state index is 0. The molecule has 0 aliphatic carbocycles. The molecule has 0 aromatic heterocycles. The van der Waals surface area contributed by atoms with Crippen LogP contribution in [0.5, 0.6) is 0 Å². The van der Waals surface area contributed by atoms with Gasteiger partial charge in [-0.25, -0.2) is 0 Å². The number of hydrogen-bond acceptors (Lipinski definition) is 8. The number of fused-ring (bicyclic) bond motifs is 20. The van der Waals surface area contributed by atoms with Gasteiger partial charge in [-0.15, -0.1) is 41.9 Å². The van der Waals surface area contributed by atoms with Gasteiger partial charge in [-0.1, -0.05) is 283 Å². The number of nitrogens with zero attached hydrogens (tertiary/aromatic N) is 8. The molecule has 0 fully saturated rings. The van der Waals surface area contributed by atoms with Gasteiger partial charge < -0.3 is 39.2 Å². The van der Waals surface area contributed by atoms with Crippen molar-refractivity contribution in [2.75, 3.05) is 62.5 Å². The first-order valence-corrected chi connectivity index (χ1v) is 33.6. The van der Waals surface area contributed by atoms with Crippen LogP contribution in [0, 0.1) is 23.7 Å². The summed E-state index contributed by atoms with van der Waals surface area (Å²) in [5, 5.41) is 2.65. The fourth-order valence-electron chi connectivity index (χ4n) is 16.7. The van der Waals surface area contributed by atoms with Crippen molar-refractivity contribution < 1.29 is 131 Å². The van der Waals surface area contributed by atoms with Gasteiger partial charge in [0, 0.05) is 165 Å². The van der Waals surface area contributed by atoms with Gasteiger partial charge in [-0.3, -0.25) is 0 Å². The van der Waals surface area contributed by atoms with E-state index in [2.05, 4.69) is 386 Å². The fraction of sp³-hybridized carbons (Fsp3) is 0.156. The van der Waals surface area contributed by atoms with Gasteiger partial charge in [0.15, 0.2) is 0 Å². The average Bonchev–Trinajstić information content (AvgIpc) is 1.56. The number of para-hydroxylation sites is 6. The van der Waals surface area contributed by atoms with Gasteiger partial charge >= 0.3 is 0 Å². The van der Waals surface area contributed by atoms with E-state index >= 15 is 0 Å². The number of hydrogen-bond donors (Lipinski definition) is 0. The summed E-state index contributed by atoms with van der Waals surface area (Å²) in [7, 11) is 8.77. The van der Waals surface area contributed by atoms with Crippen molar-refractivity contribution in [1.29, 1.82) is 0 Å². The summed E-state index contributed by atoms with van der Waals surface area (Å²) in [6.45, 7) is 9.04. The van der Waals surface area contributed by atoms with E-state index in [4.69, 9.17) is 0 Å². The maximum Gasteiger partial charge on any atom is 0.0720 e. The molecule has 4 radical (unpaired) electrons. The second kappa shape index (κ2) is 31.3. The molecule has 0 spiro atoms. The molecule has 4 unspecified atom stereocenters. The molecule has 102 heavy (non-hydrogen) atoms. The predicted molar refractivity (Wildman–Crippen MR) is 416 cm³/mol. The van der Waals surface area contributed by atoms with Crippen LogP contribution in [-0.4, -0.2) is 57.8 Å². The molecule has 20 rings (SSSR count). The van der Waals surface area contributed by atoms with Crippen molar-refractivity contribution in [1.82, 2.24) is 4.90 Å². The number of anilines is 10. The second-order valence-electron chi connectivity index (χ2n) is 26.5. The van der Waals surface area contributed by atoms with Crippen molar-refractivity contribution in [3.63, 3.8) is 0 Å². The molecule has 8 aliphatic heterocycles. The third kappa shape index (κ3) is 12.7. The Hall–Kier alpha value is -7.06. The van der Waals surface area contributed by atoms with Crippen molar-refractivity contribution in [2.45, 2.75) is 67.2 Å². The van der Waals surface area contributed by atoms with Crippen LogP contribution in [0.2, 0.25) is 0 Å². The van der Waals surface area contributed by atoms with Crippen LogP contribution in [0.25, 0.3) is 49.9 Å². The van der Waals surface area contributed by atoms with Crippen molar-refractivity contribution >= 4 is 73.3 Å². The molecule has 12 heteroatoms. The topological polar surface area (TPSA) is 25.9 Å². The Bertz CT molecular complexity index is 4980. The Balaban J connectivity index is 0.000000134. The molecule has 0 N–H and O–H groups in total. The molecular weight excluding hydrogens is 1550 g/mol. The monoisotopic (exact) mass is 1630 g/mol. The molecule has 500 valence electrons. The van der Waals surface area contributed by atoms with Crippen molar-refractivity contribution in [3.8, 4) is 33.4 Å². The first-order chi connectivity index (χ1) is 47.0. The number of benzene rings is 12. The number of likely N-dealkylation sites (N-methyl/N-ethyl adjacent to an activating group) is 4. The smallest absolute Gasteiger partial charge is 0.0720 e. The third-order valence-corrected chi connectivity index (χ3v) is 21.2. The van der Waals surface area contributed by atoms with Crippen molar-refractivity contribution in [2.24, 2.45) is 0 Å². The van der Waals surface area contributed by atoms with Gasteiger partial charge in [0.05, 0.1) is 64.5 Å². The Labute approximate surface area is 706 Å². The maximum absolute atomic E-state index is 2.50. The molecular formula is C90H84N8Y4-4. The number of rotatable bonds is 4. The van der Waals surface area contributed by atoms with E-state index in [9.17, 15) is 0 Å². The maximum atomic E-state index is 2.50. The fourth-order valence-corrected chi connectivity index (χ4v) is 16.7. The summed E-state index contributed by atoms with van der Waals surface area (Å²) in [6.07, 6.45) is 3.46. The molecule has 0 bridgehead atoms. The van der Waals surface area contributed by atoms with E-state index < -0.39 is 0 Å². The van der Waals surface area contributed by atoms with E-state index in [1.165, 1.54) is 158 Å². The normalized spacial score (nSPS) is 17.0. The van der Waals surface area contributed by atoms with Gasteiger partial charge in [0.25, 0.3) is 0 Å². The van der Waals surface area contributed by atoms with Crippen LogP contribution in [0.4, 0.5) is 56.9 Å². The van der Waals surface area contributed by atoms with Gasteiger partial charge in [0.2, 0.25) is 0 Å². The standard InChI is InChI=1S/C24H21N2.2C22H19N2.C20H17N2.2CH4.4Y/c1-17-21-14-13-20(18-9-5-3-6-10-18)15-22(21)26-16-23(25(2)24(17)26)19-11-7-4-8-12-19;1-15-18-14-17(16-8-4-3-5-9-16)12-13-19(18)24-21-11-7-6-10-20(21)23(2)22(15)24;1-15-18-13-12-17(16-8-4-3-5-9-16)14-21(18)24-20-11-7-6-10-19(20)23(2)22(15)24;1-13-15-12-11-14-7-3-4-8-16(14)19(15)22-18-10-6-5-9-17(18)21(2)20(13)22;;;;;;/h3-16,24H,1-2H3;2*3-14,22H,1-2H3;3-12,20H,1-2H3;2*1H4;;;;/q4*-1;;;;;;. The van der Waals surface area contributed by atoms with Crippen LogP contribution < -0.4 is 34.3 Å². The minimum absolute atomic E-state index is 0. The molecule has 12 aromatic carbocycles. The minimum Gasteiger partial charge on any atom is -0.386 e. The Kier molecular flexibility index (Phi) is 23.4. The van der Waals surface area contributed by atoms with Gasteiger partial charge in [-0.05, 0) is 75.2 Å². The van der Waals surface area contributed by atoms with E-state index in [1.54, 1.807) is 0 Å². The molecule has 12 aromatic rings. The summed E-state index contributed by atoms with van der Waals surface area (Å²) in [5.41, 5.74) is 28.7. The van der Waals surface area contributed by atoms with Crippen LogP contribution in [0.15, 0.2) is 291 Å². The van der Waals surface area contributed by atoms with Crippen LogP contribution in [0.1, 0.15) is 70.4 Å². The Morgan fingerprint density at radius 3 is 1.12 bits per heavy atom. The molecule has 0 saturated heterocycles. The summed E-state index contributed by atoms with van der Waals surface area (Å²) in [5.74, 6) is 5.67. The quantitative estimate of drug-likeness (QED) is 0.161. The van der Waals surface area contributed by atoms with Crippen LogP contribution in [0.3, 0.4) is 0 Å². The molecule has 0 amide bonds. The van der Waals surface area contributed by atoms with E-state index in [0.717, 1.165) is 0 Å².